The fourth-order valence-electron chi connectivity index (χ4n) is 1.31. The molecular weight excluding hydrogens is 211 g/mol. The molecule has 16 heavy (non-hydrogen) atoms. The summed E-state index contributed by atoms with van der Waals surface area (Å²) in [5, 5.41) is 9.51. The molecule has 1 N–H and O–H groups in total. The highest BCUT2D eigenvalue weighted by Gasteiger charge is 2.21. The van der Waals surface area contributed by atoms with Crippen molar-refractivity contribution in [2.75, 3.05) is 7.11 Å². The van der Waals surface area contributed by atoms with E-state index in [1.54, 1.807) is 12.1 Å². The summed E-state index contributed by atoms with van der Waals surface area (Å²) < 4.78 is 17.9. The van der Waals surface area contributed by atoms with Gasteiger partial charge in [-0.1, -0.05) is 24.3 Å². The van der Waals surface area contributed by atoms with Crippen molar-refractivity contribution in [3.05, 3.63) is 35.4 Å². The fourth-order valence-corrected chi connectivity index (χ4v) is 1.31. The fraction of sp³-hybridized carbons (Fsp3) is 0.417. The minimum absolute atomic E-state index is 0.389. The van der Waals surface area contributed by atoms with Gasteiger partial charge in [0.15, 0.2) is 6.10 Å². The first-order valence-electron chi connectivity index (χ1n) is 4.91. The zero-order chi connectivity index (χ0) is 12.3. The van der Waals surface area contributed by atoms with Crippen LogP contribution >= 0.6 is 0 Å². The van der Waals surface area contributed by atoms with Crippen LogP contribution in [0.5, 0.6) is 0 Å². The van der Waals surface area contributed by atoms with Gasteiger partial charge in [-0.15, -0.1) is 0 Å². The third-order valence-electron chi connectivity index (χ3n) is 2.34. The topological polar surface area (TPSA) is 46.5 Å². The molecule has 0 aliphatic heterocycles. The average Bonchev–Trinajstić information content (AvgIpc) is 2.26. The van der Waals surface area contributed by atoms with Crippen LogP contribution in [0.15, 0.2) is 24.3 Å². The van der Waals surface area contributed by atoms with Crippen LogP contribution in [0.3, 0.4) is 0 Å². The molecule has 1 rings (SSSR count). The summed E-state index contributed by atoms with van der Waals surface area (Å²) in [5.74, 6) is -0.729. The quantitative estimate of drug-likeness (QED) is 0.803. The van der Waals surface area contributed by atoms with E-state index in [1.165, 1.54) is 33.1 Å². The predicted octanol–water partition coefficient (Wildman–Crippen LogP) is 2.10. The van der Waals surface area contributed by atoms with Crippen LogP contribution < -0.4 is 0 Å². The van der Waals surface area contributed by atoms with E-state index in [0.717, 1.165) is 0 Å². The van der Waals surface area contributed by atoms with E-state index in [2.05, 4.69) is 4.74 Å². The van der Waals surface area contributed by atoms with Crippen LogP contribution in [0.4, 0.5) is 4.39 Å². The highest BCUT2D eigenvalue weighted by atomic mass is 19.1. The Labute approximate surface area is 93.9 Å². The number of aliphatic hydroxyl groups excluding tert-OH is 1. The Balaban J connectivity index is 2.91. The number of ether oxygens (including phenoxy) is 1. The zero-order valence-corrected chi connectivity index (χ0v) is 9.53. The Bertz CT molecular complexity index is 365. The molecule has 1 unspecified atom stereocenters. The van der Waals surface area contributed by atoms with Gasteiger partial charge in [0, 0.05) is 0 Å². The lowest BCUT2D eigenvalue weighted by Gasteiger charge is -2.15. The summed E-state index contributed by atoms with van der Waals surface area (Å²) in [6.45, 7) is 2.89. The Hall–Kier alpha value is -1.42. The molecule has 88 valence electrons. The van der Waals surface area contributed by atoms with E-state index in [-0.39, 0.29) is 0 Å². The smallest absolute Gasteiger partial charge is 0.339 e. The van der Waals surface area contributed by atoms with Gasteiger partial charge in [0.05, 0.1) is 7.11 Å². The third kappa shape index (κ3) is 2.79. The number of halogens is 1. The Kier molecular flexibility index (Phi) is 3.65. The van der Waals surface area contributed by atoms with Gasteiger partial charge in [0.25, 0.3) is 0 Å². The lowest BCUT2D eigenvalue weighted by Crippen LogP contribution is -2.14. The molecule has 0 aromatic heterocycles. The molecule has 0 bridgehead atoms. The second-order valence-corrected chi connectivity index (χ2v) is 4.02. The maximum absolute atomic E-state index is 13.5. The first kappa shape index (κ1) is 12.6. The van der Waals surface area contributed by atoms with Gasteiger partial charge >= 0.3 is 5.97 Å². The van der Waals surface area contributed by atoms with Crippen molar-refractivity contribution in [3.8, 4) is 0 Å². The van der Waals surface area contributed by atoms with E-state index in [1.807, 2.05) is 0 Å². The molecular formula is C12H15FO3. The number of benzene rings is 1. The van der Waals surface area contributed by atoms with Crippen molar-refractivity contribution >= 4 is 5.97 Å². The minimum Gasteiger partial charge on any atom is -0.467 e. The lowest BCUT2D eigenvalue weighted by molar-refractivity contribution is -0.150. The van der Waals surface area contributed by atoms with Crippen LogP contribution in [0.2, 0.25) is 0 Å². The minimum atomic E-state index is -1.44. The van der Waals surface area contributed by atoms with Crippen molar-refractivity contribution in [1.82, 2.24) is 0 Å². The average molecular weight is 226 g/mol. The van der Waals surface area contributed by atoms with E-state index >= 15 is 0 Å². The SMILES string of the molecule is COC(=O)C(O)c1ccc(C(C)(C)F)cc1. The molecule has 3 nitrogen and oxygen atoms in total. The number of carbonyl (C=O) groups excluding carboxylic acids is 1. The number of aliphatic hydroxyl groups is 1. The van der Waals surface area contributed by atoms with Crippen molar-refractivity contribution in [2.45, 2.75) is 25.6 Å². The van der Waals surface area contributed by atoms with Crippen molar-refractivity contribution in [2.24, 2.45) is 0 Å². The predicted molar refractivity (Wildman–Crippen MR) is 57.6 cm³/mol. The molecule has 0 heterocycles. The van der Waals surface area contributed by atoms with Gasteiger partial charge in [-0.2, -0.15) is 0 Å². The molecule has 0 aliphatic rings. The van der Waals surface area contributed by atoms with Crippen LogP contribution in [0.25, 0.3) is 0 Å². The van der Waals surface area contributed by atoms with Crippen LogP contribution in [-0.2, 0) is 15.2 Å². The molecule has 0 spiro atoms. The second kappa shape index (κ2) is 4.61. The van der Waals surface area contributed by atoms with Gasteiger partial charge < -0.3 is 9.84 Å². The summed E-state index contributed by atoms with van der Waals surface area (Å²) in [6.07, 6.45) is -1.32. The first-order valence-corrected chi connectivity index (χ1v) is 4.91. The molecule has 1 aromatic carbocycles. The van der Waals surface area contributed by atoms with E-state index < -0.39 is 17.7 Å². The summed E-state index contributed by atoms with van der Waals surface area (Å²) in [4.78, 5) is 11.0. The first-order chi connectivity index (χ1) is 7.36. The number of esters is 1. The van der Waals surface area contributed by atoms with Gasteiger partial charge in [0.2, 0.25) is 0 Å². The number of carbonyl (C=O) groups is 1. The monoisotopic (exact) mass is 226 g/mol. The standard InChI is InChI=1S/C12H15FO3/c1-12(2,13)9-6-4-8(5-7-9)10(14)11(15)16-3/h4-7,10,14H,1-3H3. The van der Waals surface area contributed by atoms with Crippen LogP contribution in [-0.4, -0.2) is 18.2 Å². The molecule has 0 radical (unpaired) electrons. The van der Waals surface area contributed by atoms with Crippen LogP contribution in [0.1, 0.15) is 31.1 Å². The molecule has 0 saturated carbocycles. The zero-order valence-electron chi connectivity index (χ0n) is 9.53. The highest BCUT2D eigenvalue weighted by molar-refractivity contribution is 5.76. The molecule has 0 fully saturated rings. The van der Waals surface area contributed by atoms with Gasteiger partial charge in [-0.05, 0) is 25.0 Å². The number of rotatable bonds is 3. The largest absolute Gasteiger partial charge is 0.467 e. The number of alkyl halides is 1. The summed E-state index contributed by atoms with van der Waals surface area (Å²) in [7, 11) is 1.20. The summed E-state index contributed by atoms with van der Waals surface area (Å²) in [6, 6.07) is 6.11. The summed E-state index contributed by atoms with van der Waals surface area (Å²) in [5.41, 5.74) is -0.553. The molecule has 1 atom stereocenters. The number of hydrogen-bond donors (Lipinski definition) is 1. The Morgan fingerprint density at radius 2 is 1.88 bits per heavy atom. The van der Waals surface area contributed by atoms with E-state index in [4.69, 9.17) is 0 Å². The van der Waals surface area contributed by atoms with Gasteiger partial charge in [-0.3, -0.25) is 0 Å². The molecule has 1 aromatic rings. The van der Waals surface area contributed by atoms with Crippen LogP contribution in [0, 0.1) is 0 Å². The summed E-state index contributed by atoms with van der Waals surface area (Å²) >= 11 is 0. The van der Waals surface area contributed by atoms with E-state index in [0.29, 0.717) is 11.1 Å². The maximum atomic E-state index is 13.5. The highest BCUT2D eigenvalue weighted by Crippen LogP contribution is 2.25. The Morgan fingerprint density at radius 3 is 2.25 bits per heavy atom. The maximum Gasteiger partial charge on any atom is 0.339 e. The van der Waals surface area contributed by atoms with E-state index in [9.17, 15) is 14.3 Å². The molecule has 0 aliphatic carbocycles. The molecule has 0 saturated heterocycles. The lowest BCUT2D eigenvalue weighted by atomic mass is 9.98. The molecule has 4 heteroatoms. The Morgan fingerprint density at radius 1 is 1.38 bits per heavy atom. The second-order valence-electron chi connectivity index (χ2n) is 4.02. The van der Waals surface area contributed by atoms with Crippen molar-refractivity contribution in [1.29, 1.82) is 0 Å². The number of methoxy groups -OCH3 is 1. The van der Waals surface area contributed by atoms with Crippen molar-refractivity contribution < 1.29 is 19.0 Å². The van der Waals surface area contributed by atoms with Gasteiger partial charge in [-0.25, -0.2) is 9.18 Å². The number of hydrogen-bond acceptors (Lipinski definition) is 3. The normalized spacial score (nSPS) is 13.3. The van der Waals surface area contributed by atoms with Gasteiger partial charge in [0.1, 0.15) is 5.67 Å². The van der Waals surface area contributed by atoms with Crippen molar-refractivity contribution in [3.63, 3.8) is 0 Å². The molecule has 0 amide bonds. The third-order valence-corrected chi connectivity index (χ3v) is 2.34.